The lowest BCUT2D eigenvalue weighted by Gasteiger charge is -2.04. The van der Waals surface area contributed by atoms with Gasteiger partial charge in [0.05, 0.1) is 0 Å². The zero-order valence-corrected chi connectivity index (χ0v) is 7.49. The average molecular weight is 117 g/mol. The Morgan fingerprint density at radius 2 is 2.29 bits per heavy atom. The van der Waals surface area contributed by atoms with Crippen LogP contribution in [0.1, 0.15) is 13.3 Å². The van der Waals surface area contributed by atoms with Crippen molar-refractivity contribution in [1.29, 1.82) is 0 Å². The molecule has 0 aromatic heterocycles. The van der Waals surface area contributed by atoms with E-state index in [4.69, 9.17) is 0 Å². The van der Waals surface area contributed by atoms with Crippen molar-refractivity contribution < 1.29 is 0 Å². The monoisotopic (exact) mass is 117 g/mol. The predicted octanol–water partition coefficient (Wildman–Crippen LogP) is -0.230. The maximum absolute atomic E-state index is 3.15. The van der Waals surface area contributed by atoms with Crippen LogP contribution in [0.25, 0.3) is 0 Å². The first-order chi connectivity index (χ1) is 3.31. The quantitative estimate of drug-likeness (QED) is 0.504. The summed E-state index contributed by atoms with van der Waals surface area (Å²) in [5, 5.41) is 3.15. The van der Waals surface area contributed by atoms with Crippen LogP contribution in [0.4, 0.5) is 0 Å². The van der Waals surface area contributed by atoms with Crippen molar-refractivity contribution in [2.45, 2.75) is 18.9 Å². The van der Waals surface area contributed by atoms with E-state index in [1.165, 1.54) is 23.2 Å². The highest BCUT2D eigenvalue weighted by molar-refractivity contribution is 6.11. The predicted molar refractivity (Wildman–Crippen MR) is 37.9 cm³/mol. The lowest BCUT2D eigenvalue weighted by atomic mass is 10.3. The lowest BCUT2D eigenvalue weighted by molar-refractivity contribution is 0.709. The van der Waals surface area contributed by atoms with Gasteiger partial charge in [0.1, 0.15) is 0 Å². The van der Waals surface area contributed by atoms with Crippen LogP contribution in [0.5, 0.6) is 0 Å². The molecule has 7 heavy (non-hydrogen) atoms. The summed E-state index contributed by atoms with van der Waals surface area (Å²) in [7, 11) is 3.35. The molecule has 0 heterocycles. The molecule has 0 aromatic rings. The maximum atomic E-state index is 3.15. The third-order valence-electron chi connectivity index (χ3n) is 1.25. The Balaban J connectivity index is 2.83. The summed E-state index contributed by atoms with van der Waals surface area (Å²) in [5.74, 6) is 0. The summed E-state index contributed by atoms with van der Waals surface area (Å²) >= 11 is 0. The van der Waals surface area contributed by atoms with Crippen molar-refractivity contribution in [2.75, 3.05) is 13.6 Å². The number of rotatable bonds is 3. The summed E-state index contributed by atoms with van der Waals surface area (Å²) in [6, 6.07) is 0. The van der Waals surface area contributed by atoms with Gasteiger partial charge in [0.25, 0.3) is 0 Å². The minimum Gasteiger partial charge on any atom is -0.320 e. The molecule has 0 aliphatic heterocycles. The smallest absolute Gasteiger partial charge is 0.00832 e. The highest BCUT2D eigenvalue weighted by atomic mass is 28.1. The van der Waals surface area contributed by atoms with E-state index in [2.05, 4.69) is 12.2 Å². The second-order valence-electron chi connectivity index (χ2n) is 2.07. The fourth-order valence-corrected chi connectivity index (χ4v) is 0.901. The molecule has 0 bridgehead atoms. The maximum Gasteiger partial charge on any atom is 0.00832 e. The molecular formula is C5H15NSi. The molecule has 0 saturated carbocycles. The molecule has 0 rings (SSSR count). The fourth-order valence-electron chi connectivity index (χ4n) is 0.493. The zero-order valence-electron chi connectivity index (χ0n) is 5.49. The van der Waals surface area contributed by atoms with Gasteiger partial charge < -0.3 is 5.32 Å². The molecule has 0 fully saturated rings. The van der Waals surface area contributed by atoms with Crippen LogP contribution in [0.2, 0.25) is 5.54 Å². The Labute approximate surface area is 48.9 Å². The molecule has 2 heteroatoms. The van der Waals surface area contributed by atoms with Gasteiger partial charge in [-0.3, -0.25) is 0 Å². The second-order valence-corrected chi connectivity index (χ2v) is 3.70. The molecule has 0 spiro atoms. The summed E-state index contributed by atoms with van der Waals surface area (Å²) in [6.07, 6.45) is 1.34. The normalized spacial score (nSPS) is 14.6. The van der Waals surface area contributed by atoms with Gasteiger partial charge >= 0.3 is 0 Å². The van der Waals surface area contributed by atoms with E-state index in [9.17, 15) is 0 Å². The van der Waals surface area contributed by atoms with Crippen LogP contribution in [0.3, 0.4) is 0 Å². The summed E-state index contributed by atoms with van der Waals surface area (Å²) in [5.41, 5.74) is 0.977. The molecule has 0 aliphatic carbocycles. The number of nitrogens with one attached hydrogen (secondary N) is 1. The standard InChI is InChI=1S/C5H15NSi/c1-3-5(7)4-6-2/h5-6H,3-4H2,1-2,7H3. The largest absolute Gasteiger partial charge is 0.320 e. The Kier molecular flexibility index (Phi) is 4.45. The van der Waals surface area contributed by atoms with Crippen LogP contribution < -0.4 is 5.32 Å². The third-order valence-corrected chi connectivity index (χ3v) is 2.47. The first-order valence-corrected chi connectivity index (χ1v) is 4.11. The van der Waals surface area contributed by atoms with Gasteiger partial charge in [-0.05, 0) is 19.1 Å². The van der Waals surface area contributed by atoms with Crippen LogP contribution in [0, 0.1) is 0 Å². The van der Waals surface area contributed by atoms with E-state index in [1.54, 1.807) is 0 Å². The Morgan fingerprint density at radius 3 is 2.43 bits per heavy atom. The van der Waals surface area contributed by atoms with E-state index < -0.39 is 0 Å². The Morgan fingerprint density at radius 1 is 1.71 bits per heavy atom. The van der Waals surface area contributed by atoms with E-state index in [-0.39, 0.29) is 0 Å². The molecule has 1 atom stereocenters. The molecule has 1 nitrogen and oxygen atoms in total. The molecule has 1 unspecified atom stereocenters. The van der Waals surface area contributed by atoms with Gasteiger partial charge in [-0.1, -0.05) is 13.3 Å². The molecule has 1 N–H and O–H groups in total. The minimum absolute atomic E-state index is 0.977. The molecule has 0 aliphatic rings. The van der Waals surface area contributed by atoms with Crippen molar-refractivity contribution >= 4 is 10.2 Å². The van der Waals surface area contributed by atoms with E-state index in [0.717, 1.165) is 5.54 Å². The van der Waals surface area contributed by atoms with Crippen LogP contribution >= 0.6 is 0 Å². The van der Waals surface area contributed by atoms with Crippen molar-refractivity contribution in [3.05, 3.63) is 0 Å². The summed E-state index contributed by atoms with van der Waals surface area (Å²) in [4.78, 5) is 0. The van der Waals surface area contributed by atoms with Crippen molar-refractivity contribution in [3.8, 4) is 0 Å². The fraction of sp³-hybridized carbons (Fsp3) is 1.00. The van der Waals surface area contributed by atoms with Gasteiger partial charge in [-0.25, -0.2) is 0 Å². The van der Waals surface area contributed by atoms with Crippen molar-refractivity contribution in [1.82, 2.24) is 5.32 Å². The van der Waals surface area contributed by atoms with Crippen molar-refractivity contribution in [2.24, 2.45) is 0 Å². The highest BCUT2D eigenvalue weighted by Crippen LogP contribution is 1.99. The van der Waals surface area contributed by atoms with E-state index >= 15 is 0 Å². The van der Waals surface area contributed by atoms with Gasteiger partial charge in [0, 0.05) is 10.2 Å². The topological polar surface area (TPSA) is 12.0 Å². The van der Waals surface area contributed by atoms with Crippen molar-refractivity contribution in [3.63, 3.8) is 0 Å². The zero-order chi connectivity index (χ0) is 5.70. The van der Waals surface area contributed by atoms with Crippen LogP contribution in [-0.4, -0.2) is 23.8 Å². The lowest BCUT2D eigenvalue weighted by Crippen LogP contribution is -2.13. The number of hydrogen-bond acceptors (Lipinski definition) is 1. The van der Waals surface area contributed by atoms with Gasteiger partial charge in [0.15, 0.2) is 0 Å². The molecule has 44 valence electrons. The third kappa shape index (κ3) is 4.02. The molecule has 0 saturated heterocycles. The molecule has 0 aromatic carbocycles. The summed E-state index contributed by atoms with van der Waals surface area (Å²) < 4.78 is 0. The van der Waals surface area contributed by atoms with E-state index in [1.807, 2.05) is 7.05 Å². The van der Waals surface area contributed by atoms with Crippen LogP contribution in [0.15, 0.2) is 0 Å². The molecule has 0 radical (unpaired) electrons. The first-order valence-electron chi connectivity index (χ1n) is 2.95. The van der Waals surface area contributed by atoms with Gasteiger partial charge in [0.2, 0.25) is 0 Å². The highest BCUT2D eigenvalue weighted by Gasteiger charge is 1.92. The molecule has 0 amide bonds. The van der Waals surface area contributed by atoms with Crippen LogP contribution in [-0.2, 0) is 0 Å². The second kappa shape index (κ2) is 4.34. The first kappa shape index (κ1) is 7.18. The molecular weight excluding hydrogens is 102 g/mol. The summed E-state index contributed by atoms with van der Waals surface area (Å²) in [6.45, 7) is 3.46. The SMILES string of the molecule is CCC([SiH3])CNC. The average Bonchev–Trinajstić information content (AvgIpc) is 1.68. The Hall–Kier alpha value is 0.177. The number of hydrogen-bond donors (Lipinski definition) is 1. The van der Waals surface area contributed by atoms with Gasteiger partial charge in [-0.15, -0.1) is 0 Å². The Bertz CT molecular complexity index is 39.1. The van der Waals surface area contributed by atoms with E-state index in [0.29, 0.717) is 0 Å². The minimum atomic E-state index is 0.977. The van der Waals surface area contributed by atoms with Gasteiger partial charge in [-0.2, -0.15) is 0 Å².